The Bertz CT molecular complexity index is 457. The first-order valence-electron chi connectivity index (χ1n) is 4.92. The van der Waals surface area contributed by atoms with Crippen molar-refractivity contribution in [1.29, 1.82) is 0 Å². The Morgan fingerprint density at radius 1 is 1.78 bits per heavy atom. The SMILES string of the molecule is CC(=O)N/N=C/c1cnc(C)c([S+]([O-])CSCl)c1. The Kier molecular flexibility index (Phi) is 6.48. The van der Waals surface area contributed by atoms with Crippen LogP contribution < -0.4 is 5.43 Å². The van der Waals surface area contributed by atoms with E-state index in [-0.39, 0.29) is 5.91 Å². The number of pyridine rings is 1. The number of halogens is 1. The normalized spacial score (nSPS) is 12.7. The second kappa shape index (κ2) is 7.63. The van der Waals surface area contributed by atoms with Gasteiger partial charge in [-0.15, -0.1) is 0 Å². The third kappa shape index (κ3) is 4.85. The number of amides is 1. The highest BCUT2D eigenvalue weighted by Crippen LogP contribution is 2.21. The first kappa shape index (κ1) is 15.3. The molecule has 98 valence electrons. The Hall–Kier alpha value is -0.760. The number of aryl methyl sites for hydroxylation is 1. The van der Waals surface area contributed by atoms with Crippen molar-refractivity contribution >= 4 is 45.0 Å². The fourth-order valence-electron chi connectivity index (χ4n) is 1.13. The fraction of sp³-hybridized carbons (Fsp3) is 0.300. The third-order valence-electron chi connectivity index (χ3n) is 1.89. The zero-order chi connectivity index (χ0) is 13.5. The average Bonchev–Trinajstić information content (AvgIpc) is 2.31. The summed E-state index contributed by atoms with van der Waals surface area (Å²) < 4.78 is 11.9. The average molecular weight is 306 g/mol. The van der Waals surface area contributed by atoms with Gasteiger partial charge in [0.05, 0.1) is 11.9 Å². The summed E-state index contributed by atoms with van der Waals surface area (Å²) in [6, 6.07) is 1.72. The molecule has 0 saturated carbocycles. The second-order valence-electron chi connectivity index (χ2n) is 3.35. The molecule has 0 aliphatic heterocycles. The molecule has 1 amide bonds. The van der Waals surface area contributed by atoms with Crippen LogP contribution in [-0.4, -0.2) is 26.7 Å². The van der Waals surface area contributed by atoms with Crippen molar-refractivity contribution in [3.63, 3.8) is 0 Å². The lowest BCUT2D eigenvalue weighted by atomic mass is 10.3. The lowest BCUT2D eigenvalue weighted by Crippen LogP contribution is -2.12. The van der Waals surface area contributed by atoms with E-state index in [1.165, 1.54) is 13.1 Å². The smallest absolute Gasteiger partial charge is 0.236 e. The standard InChI is InChI=1S/C10H12ClN3O2S2/c1-7-10(18(16)6-17-11)3-9(4-12-7)5-13-14-8(2)15/h3-5H,6H2,1-2H3,(H,14,15)/b13-5+. The van der Waals surface area contributed by atoms with Gasteiger partial charge in [0, 0.05) is 24.8 Å². The van der Waals surface area contributed by atoms with Gasteiger partial charge in [-0.05, 0) is 39.8 Å². The number of rotatable bonds is 5. The van der Waals surface area contributed by atoms with Gasteiger partial charge >= 0.3 is 0 Å². The third-order valence-corrected chi connectivity index (χ3v) is 4.81. The van der Waals surface area contributed by atoms with Gasteiger partial charge in [0.25, 0.3) is 0 Å². The summed E-state index contributed by atoms with van der Waals surface area (Å²) in [6.07, 6.45) is 3.04. The molecule has 1 aromatic heterocycles. The predicted molar refractivity (Wildman–Crippen MR) is 75.1 cm³/mol. The molecule has 1 heterocycles. The van der Waals surface area contributed by atoms with Crippen LogP contribution in [0.25, 0.3) is 0 Å². The van der Waals surface area contributed by atoms with Crippen LogP contribution in [-0.2, 0) is 16.0 Å². The minimum absolute atomic E-state index is 0.256. The number of hydrogen-bond acceptors (Lipinski definition) is 5. The van der Waals surface area contributed by atoms with E-state index in [0.717, 1.165) is 11.0 Å². The van der Waals surface area contributed by atoms with Crippen molar-refractivity contribution in [1.82, 2.24) is 10.4 Å². The van der Waals surface area contributed by atoms with Gasteiger partial charge in [-0.25, -0.2) is 5.43 Å². The van der Waals surface area contributed by atoms with Crippen molar-refractivity contribution in [2.75, 3.05) is 5.08 Å². The molecule has 18 heavy (non-hydrogen) atoms. The molecule has 0 aliphatic rings. The zero-order valence-corrected chi connectivity index (χ0v) is 12.2. The van der Waals surface area contributed by atoms with Crippen LogP contribution in [0, 0.1) is 6.92 Å². The maximum Gasteiger partial charge on any atom is 0.236 e. The van der Waals surface area contributed by atoms with Crippen LogP contribution in [0.1, 0.15) is 18.2 Å². The minimum Gasteiger partial charge on any atom is -0.611 e. The maximum atomic E-state index is 11.9. The van der Waals surface area contributed by atoms with Gasteiger partial charge in [-0.1, -0.05) is 0 Å². The topological polar surface area (TPSA) is 77.4 Å². The molecule has 1 atom stereocenters. The number of nitrogens with zero attached hydrogens (tertiary/aromatic N) is 2. The minimum atomic E-state index is -1.20. The van der Waals surface area contributed by atoms with E-state index >= 15 is 0 Å². The molecule has 8 heteroatoms. The number of hydrazone groups is 1. The summed E-state index contributed by atoms with van der Waals surface area (Å²) in [7, 11) is 6.48. The van der Waals surface area contributed by atoms with Crippen LogP contribution in [0.4, 0.5) is 0 Å². The summed E-state index contributed by atoms with van der Waals surface area (Å²) in [5, 5.41) is 4.02. The molecule has 0 saturated heterocycles. The largest absolute Gasteiger partial charge is 0.611 e. The molecule has 0 aromatic carbocycles. The first-order valence-corrected chi connectivity index (χ1v) is 8.06. The predicted octanol–water partition coefficient (Wildman–Crippen LogP) is 1.81. The van der Waals surface area contributed by atoms with E-state index in [2.05, 4.69) is 15.5 Å². The number of aromatic nitrogens is 1. The quantitative estimate of drug-likeness (QED) is 0.511. The van der Waals surface area contributed by atoms with Gasteiger partial charge in [0.2, 0.25) is 5.91 Å². The Morgan fingerprint density at radius 3 is 3.11 bits per heavy atom. The number of hydrogen-bond donors (Lipinski definition) is 1. The van der Waals surface area contributed by atoms with Crippen LogP contribution in [0.5, 0.6) is 0 Å². The molecular weight excluding hydrogens is 294 g/mol. The molecule has 0 spiro atoms. The van der Waals surface area contributed by atoms with E-state index in [0.29, 0.717) is 21.2 Å². The number of carbonyl (C=O) groups excluding carboxylic acids is 1. The van der Waals surface area contributed by atoms with E-state index in [9.17, 15) is 9.35 Å². The van der Waals surface area contributed by atoms with Crippen molar-refractivity contribution in [3.8, 4) is 0 Å². The lowest BCUT2D eigenvalue weighted by Gasteiger charge is -2.10. The Labute approximate surface area is 117 Å². The van der Waals surface area contributed by atoms with Crippen LogP contribution in [0.2, 0.25) is 0 Å². The Balaban J connectivity index is 2.86. The highest BCUT2D eigenvalue weighted by atomic mass is 35.7. The van der Waals surface area contributed by atoms with Crippen LogP contribution >= 0.6 is 21.7 Å². The molecular formula is C10H12ClN3O2S2. The summed E-state index contributed by atoms with van der Waals surface area (Å²) in [5.74, 6) is -0.256. The highest BCUT2D eigenvalue weighted by Gasteiger charge is 2.15. The molecule has 1 aromatic rings. The number of nitrogens with one attached hydrogen (secondary N) is 1. The van der Waals surface area contributed by atoms with Gasteiger partial charge in [-0.3, -0.25) is 9.78 Å². The lowest BCUT2D eigenvalue weighted by molar-refractivity contribution is -0.118. The molecule has 1 unspecified atom stereocenters. The summed E-state index contributed by atoms with van der Waals surface area (Å²) in [4.78, 5) is 15.4. The summed E-state index contributed by atoms with van der Waals surface area (Å²) in [5.41, 5.74) is 3.64. The van der Waals surface area contributed by atoms with Gasteiger partial charge in [0.1, 0.15) is 0 Å². The molecule has 0 bridgehead atoms. The van der Waals surface area contributed by atoms with Crippen molar-refractivity contribution in [3.05, 3.63) is 23.5 Å². The van der Waals surface area contributed by atoms with Gasteiger partial charge in [0.15, 0.2) is 9.98 Å². The molecule has 0 fully saturated rings. The fourth-order valence-corrected chi connectivity index (χ4v) is 3.34. The van der Waals surface area contributed by atoms with E-state index in [1.807, 2.05) is 0 Å². The van der Waals surface area contributed by atoms with E-state index in [1.54, 1.807) is 19.2 Å². The van der Waals surface area contributed by atoms with E-state index < -0.39 is 11.2 Å². The molecule has 1 N–H and O–H groups in total. The summed E-state index contributed by atoms with van der Waals surface area (Å²) in [6.45, 7) is 3.14. The monoisotopic (exact) mass is 305 g/mol. The van der Waals surface area contributed by atoms with E-state index in [4.69, 9.17) is 10.7 Å². The first-order chi connectivity index (χ1) is 8.54. The molecule has 1 rings (SSSR count). The van der Waals surface area contributed by atoms with Gasteiger partial charge < -0.3 is 4.55 Å². The molecule has 0 aliphatic carbocycles. The second-order valence-corrected chi connectivity index (χ2v) is 6.30. The zero-order valence-electron chi connectivity index (χ0n) is 9.84. The highest BCUT2D eigenvalue weighted by molar-refractivity contribution is 8.27. The Morgan fingerprint density at radius 2 is 2.50 bits per heavy atom. The van der Waals surface area contributed by atoms with Gasteiger partial charge in [-0.2, -0.15) is 5.10 Å². The van der Waals surface area contributed by atoms with Crippen LogP contribution in [0.3, 0.4) is 0 Å². The number of carbonyl (C=O) groups is 1. The van der Waals surface area contributed by atoms with Crippen molar-refractivity contribution in [2.24, 2.45) is 5.10 Å². The molecule has 5 nitrogen and oxygen atoms in total. The molecule has 0 radical (unpaired) electrons. The summed E-state index contributed by atoms with van der Waals surface area (Å²) >= 11 is -1.20. The van der Waals surface area contributed by atoms with Crippen molar-refractivity contribution < 1.29 is 9.35 Å². The van der Waals surface area contributed by atoms with Crippen LogP contribution in [0.15, 0.2) is 22.3 Å². The maximum absolute atomic E-state index is 11.9. The van der Waals surface area contributed by atoms with Crippen molar-refractivity contribution in [2.45, 2.75) is 18.7 Å².